The number of nitrogens with one attached hydrogen (secondary N) is 1. The van der Waals surface area contributed by atoms with Gasteiger partial charge in [-0.3, -0.25) is 14.6 Å². The molecule has 2 aromatic heterocycles. The average molecular weight is 353 g/mol. The molecule has 1 aliphatic heterocycles. The molecule has 0 aromatic carbocycles. The van der Waals surface area contributed by atoms with E-state index < -0.39 is 5.54 Å². The number of hydrogen-bond donors (Lipinski definition) is 1. The van der Waals surface area contributed by atoms with Crippen LogP contribution in [0.4, 0.5) is 0 Å². The summed E-state index contributed by atoms with van der Waals surface area (Å²) in [5, 5.41) is 2.95. The molecule has 2 aromatic rings. The molecule has 4 rings (SSSR count). The summed E-state index contributed by atoms with van der Waals surface area (Å²) in [6.07, 6.45) is 7.72. The summed E-state index contributed by atoms with van der Waals surface area (Å²) in [5.74, 6) is 0.179. The molecule has 2 aliphatic rings. The Hall–Kier alpha value is -3.03. The first-order chi connectivity index (χ1) is 12.6. The predicted molar refractivity (Wildman–Crippen MR) is 91.2 cm³/mol. The van der Waals surface area contributed by atoms with Crippen molar-refractivity contribution in [2.75, 3.05) is 13.7 Å². The summed E-state index contributed by atoms with van der Waals surface area (Å²) in [7, 11) is 1.49. The molecule has 0 bridgehead atoms. The summed E-state index contributed by atoms with van der Waals surface area (Å²) in [6, 6.07) is 3.73. The first-order valence-corrected chi connectivity index (χ1v) is 8.50. The number of carbonyl (C=O) groups is 2. The Morgan fingerprint density at radius 1 is 1.35 bits per heavy atom. The van der Waals surface area contributed by atoms with Crippen LogP contribution in [0.15, 0.2) is 36.9 Å². The molecule has 2 amide bonds. The molecule has 2 atom stereocenters. The van der Waals surface area contributed by atoms with Gasteiger partial charge in [0.25, 0.3) is 5.91 Å². The molecule has 8 nitrogen and oxygen atoms in total. The van der Waals surface area contributed by atoms with Crippen LogP contribution < -0.4 is 10.1 Å². The van der Waals surface area contributed by atoms with Crippen molar-refractivity contribution in [3.63, 3.8) is 0 Å². The number of fused-ring (bicyclic) bond motifs is 1. The van der Waals surface area contributed by atoms with Gasteiger partial charge in [-0.2, -0.15) is 0 Å². The maximum Gasteiger partial charge on any atom is 0.274 e. The number of amides is 2. The molecule has 0 radical (unpaired) electrons. The summed E-state index contributed by atoms with van der Waals surface area (Å²) in [4.78, 5) is 39.5. The first-order valence-electron chi connectivity index (χ1n) is 8.50. The van der Waals surface area contributed by atoms with Gasteiger partial charge in [0.1, 0.15) is 11.2 Å². The van der Waals surface area contributed by atoms with E-state index in [1.54, 1.807) is 17.3 Å². The molecule has 1 aliphatic carbocycles. The number of rotatable bonds is 5. The molecule has 26 heavy (non-hydrogen) atoms. The van der Waals surface area contributed by atoms with Crippen molar-refractivity contribution in [3.8, 4) is 5.88 Å². The van der Waals surface area contributed by atoms with Gasteiger partial charge in [-0.05, 0) is 30.4 Å². The van der Waals surface area contributed by atoms with E-state index in [9.17, 15) is 9.59 Å². The molecule has 3 heterocycles. The summed E-state index contributed by atoms with van der Waals surface area (Å²) in [5.41, 5.74) is 0.394. The first kappa shape index (κ1) is 16.4. The molecule has 1 saturated carbocycles. The van der Waals surface area contributed by atoms with Crippen molar-refractivity contribution in [3.05, 3.63) is 48.2 Å². The van der Waals surface area contributed by atoms with E-state index in [-0.39, 0.29) is 23.4 Å². The third-order valence-corrected chi connectivity index (χ3v) is 5.13. The Morgan fingerprint density at radius 3 is 2.88 bits per heavy atom. The normalized spacial score (nSPS) is 23.3. The predicted octanol–water partition coefficient (Wildman–Crippen LogP) is 0.801. The quantitative estimate of drug-likeness (QED) is 0.854. The summed E-state index contributed by atoms with van der Waals surface area (Å²) in [6.45, 7) is 0.947. The van der Waals surface area contributed by atoms with E-state index in [4.69, 9.17) is 4.74 Å². The largest absolute Gasteiger partial charge is 0.480 e. The monoisotopic (exact) mass is 353 g/mol. The smallest absolute Gasteiger partial charge is 0.274 e. The number of methoxy groups -OCH3 is 1. The zero-order chi connectivity index (χ0) is 18.1. The van der Waals surface area contributed by atoms with Crippen LogP contribution in [0.5, 0.6) is 5.88 Å². The number of nitrogens with zero attached hydrogens (tertiary/aromatic N) is 4. The molecule has 2 unspecified atom stereocenters. The Morgan fingerprint density at radius 2 is 2.23 bits per heavy atom. The molecule has 8 heteroatoms. The molecular formula is C18H19N5O3. The van der Waals surface area contributed by atoms with Gasteiger partial charge in [-0.15, -0.1) is 0 Å². The van der Waals surface area contributed by atoms with Gasteiger partial charge < -0.3 is 15.0 Å². The third-order valence-electron chi connectivity index (χ3n) is 5.13. The molecule has 2 fully saturated rings. The van der Waals surface area contributed by atoms with Crippen molar-refractivity contribution in [2.24, 2.45) is 5.92 Å². The molecule has 0 spiro atoms. The number of piperidine rings is 1. The van der Waals surface area contributed by atoms with Crippen LogP contribution in [0.25, 0.3) is 0 Å². The van der Waals surface area contributed by atoms with E-state index in [1.165, 1.54) is 19.5 Å². The van der Waals surface area contributed by atoms with Crippen LogP contribution in [0.2, 0.25) is 0 Å². The average Bonchev–Trinajstić information content (AvgIpc) is 3.32. The van der Waals surface area contributed by atoms with Crippen LogP contribution in [0, 0.1) is 5.92 Å². The molecule has 1 N–H and O–H groups in total. The number of aromatic nitrogens is 3. The summed E-state index contributed by atoms with van der Waals surface area (Å²) < 4.78 is 4.97. The highest BCUT2D eigenvalue weighted by molar-refractivity contribution is 6.00. The van der Waals surface area contributed by atoms with E-state index >= 15 is 0 Å². The van der Waals surface area contributed by atoms with Gasteiger partial charge in [-0.25, -0.2) is 9.97 Å². The number of pyridine rings is 1. The fraction of sp³-hybridized carbons (Fsp3) is 0.389. The fourth-order valence-electron chi connectivity index (χ4n) is 3.66. The number of carbonyl (C=O) groups excluding carboxylic acids is 2. The second kappa shape index (κ2) is 6.36. The minimum Gasteiger partial charge on any atom is -0.480 e. The van der Waals surface area contributed by atoms with Gasteiger partial charge in [0, 0.05) is 25.5 Å². The van der Waals surface area contributed by atoms with Crippen molar-refractivity contribution in [2.45, 2.75) is 24.9 Å². The minimum atomic E-state index is -0.749. The highest BCUT2D eigenvalue weighted by atomic mass is 16.5. The van der Waals surface area contributed by atoms with E-state index in [1.807, 2.05) is 12.1 Å². The van der Waals surface area contributed by atoms with E-state index in [0.29, 0.717) is 25.4 Å². The van der Waals surface area contributed by atoms with Crippen LogP contribution in [-0.2, 0) is 11.3 Å². The third kappa shape index (κ3) is 2.67. The van der Waals surface area contributed by atoms with Crippen molar-refractivity contribution >= 4 is 11.8 Å². The van der Waals surface area contributed by atoms with Crippen molar-refractivity contribution in [1.82, 2.24) is 25.2 Å². The number of hydrogen-bond acceptors (Lipinski definition) is 6. The Balaban J connectivity index is 1.48. The maximum absolute atomic E-state index is 12.9. The highest BCUT2D eigenvalue weighted by Gasteiger charge is 2.68. The topological polar surface area (TPSA) is 97.3 Å². The number of likely N-dealkylation sites (tertiary alicyclic amines) is 1. The van der Waals surface area contributed by atoms with E-state index in [2.05, 4.69) is 20.3 Å². The second-order valence-electron chi connectivity index (χ2n) is 6.56. The van der Waals surface area contributed by atoms with Gasteiger partial charge in [0.2, 0.25) is 11.8 Å². The number of ether oxygens (including phenoxy) is 1. The lowest BCUT2D eigenvalue weighted by atomic mass is 10.1. The molecular weight excluding hydrogens is 334 g/mol. The SMILES string of the molecule is COc1cnc(C(=O)N2CCC3CC32C(=O)NCc2cccnc2)cn1. The van der Waals surface area contributed by atoms with Crippen LogP contribution in [0.1, 0.15) is 28.9 Å². The van der Waals surface area contributed by atoms with Crippen LogP contribution in [-0.4, -0.2) is 50.9 Å². The van der Waals surface area contributed by atoms with Gasteiger partial charge >= 0.3 is 0 Å². The molecule has 134 valence electrons. The Kier molecular flexibility index (Phi) is 4.02. The lowest BCUT2D eigenvalue weighted by Gasteiger charge is -2.27. The van der Waals surface area contributed by atoms with Gasteiger partial charge in [-0.1, -0.05) is 6.07 Å². The summed E-state index contributed by atoms with van der Waals surface area (Å²) >= 11 is 0. The molecule has 1 saturated heterocycles. The van der Waals surface area contributed by atoms with Crippen molar-refractivity contribution in [1.29, 1.82) is 0 Å². The Bertz CT molecular complexity index is 826. The van der Waals surface area contributed by atoms with Gasteiger partial charge in [0.05, 0.1) is 19.5 Å². The van der Waals surface area contributed by atoms with Crippen molar-refractivity contribution < 1.29 is 14.3 Å². The maximum atomic E-state index is 12.9. The zero-order valence-electron chi connectivity index (χ0n) is 14.4. The highest BCUT2D eigenvalue weighted by Crippen LogP contribution is 2.56. The lowest BCUT2D eigenvalue weighted by molar-refractivity contribution is -0.126. The zero-order valence-corrected chi connectivity index (χ0v) is 14.4. The minimum absolute atomic E-state index is 0.112. The second-order valence-corrected chi connectivity index (χ2v) is 6.56. The Labute approximate surface area is 150 Å². The van der Waals surface area contributed by atoms with Crippen LogP contribution >= 0.6 is 0 Å². The van der Waals surface area contributed by atoms with E-state index in [0.717, 1.165) is 12.0 Å². The van der Waals surface area contributed by atoms with Gasteiger partial charge in [0.15, 0.2) is 0 Å². The fourth-order valence-corrected chi connectivity index (χ4v) is 3.66. The lowest BCUT2D eigenvalue weighted by Crippen LogP contribution is -2.50. The van der Waals surface area contributed by atoms with Crippen LogP contribution in [0.3, 0.4) is 0 Å². The standard InChI is InChI=1S/C18H19N5O3/c1-26-15-11-20-14(10-21-15)16(24)23-6-4-13-7-18(13,23)17(25)22-9-12-3-2-5-19-8-12/h2-3,5,8,10-11,13H,4,6-7,9H2,1H3,(H,22,25).